The summed E-state index contributed by atoms with van der Waals surface area (Å²) in [6.45, 7) is 11.6. The van der Waals surface area contributed by atoms with Crippen molar-refractivity contribution in [1.82, 2.24) is 5.32 Å². The minimum Gasteiger partial charge on any atom is -0.491 e. The lowest BCUT2D eigenvalue weighted by Gasteiger charge is -2.23. The Morgan fingerprint density at radius 3 is 2.81 bits per heavy atom. The van der Waals surface area contributed by atoms with Gasteiger partial charge in [0.1, 0.15) is 18.5 Å². The molecule has 0 aromatic heterocycles. The normalized spacial score (nSPS) is 13.0. The predicted octanol–water partition coefficient (Wildman–Crippen LogP) is 2.52. The molecule has 0 bridgehead atoms. The Kier molecular flexibility index (Phi) is 7.43. The van der Waals surface area contributed by atoms with Gasteiger partial charge in [-0.05, 0) is 38.5 Å². The van der Waals surface area contributed by atoms with Gasteiger partial charge in [0.2, 0.25) is 0 Å². The summed E-state index contributed by atoms with van der Waals surface area (Å²) in [5, 5.41) is 13.1. The van der Waals surface area contributed by atoms with E-state index in [1.807, 2.05) is 24.3 Å². The highest BCUT2D eigenvalue weighted by Gasteiger charge is 2.12. The molecular formula is C17H27NO3. The zero-order chi connectivity index (χ0) is 15.7. The fraction of sp³-hybridized carbons (Fsp3) is 0.529. The van der Waals surface area contributed by atoms with Gasteiger partial charge in [-0.1, -0.05) is 18.2 Å². The molecule has 4 nitrogen and oxygen atoms in total. The smallest absolute Gasteiger partial charge is 0.119 e. The third-order valence-corrected chi connectivity index (χ3v) is 2.71. The van der Waals surface area contributed by atoms with Crippen molar-refractivity contribution in [3.8, 4) is 5.75 Å². The minimum absolute atomic E-state index is 0.0105. The van der Waals surface area contributed by atoms with Gasteiger partial charge in [-0.25, -0.2) is 0 Å². The SMILES string of the molecule is C=CCOCc1cccc(OCC(O)CNC(C)(C)C)c1. The molecule has 0 aliphatic heterocycles. The van der Waals surface area contributed by atoms with Crippen molar-refractivity contribution >= 4 is 0 Å². The van der Waals surface area contributed by atoms with Crippen LogP contribution in [-0.2, 0) is 11.3 Å². The first-order chi connectivity index (χ1) is 9.90. The van der Waals surface area contributed by atoms with Crippen molar-refractivity contribution in [2.45, 2.75) is 39.0 Å². The van der Waals surface area contributed by atoms with Crippen LogP contribution in [0.15, 0.2) is 36.9 Å². The third-order valence-electron chi connectivity index (χ3n) is 2.71. The molecule has 0 amide bonds. The van der Waals surface area contributed by atoms with E-state index in [0.717, 1.165) is 11.3 Å². The first-order valence-corrected chi connectivity index (χ1v) is 7.24. The summed E-state index contributed by atoms with van der Waals surface area (Å²) in [5.74, 6) is 0.740. The number of rotatable bonds is 9. The molecule has 0 saturated heterocycles. The summed E-state index contributed by atoms with van der Waals surface area (Å²) in [4.78, 5) is 0. The van der Waals surface area contributed by atoms with Crippen LogP contribution in [0.5, 0.6) is 5.75 Å². The Balaban J connectivity index is 2.37. The lowest BCUT2D eigenvalue weighted by atomic mass is 10.1. The highest BCUT2D eigenvalue weighted by molar-refractivity contribution is 5.28. The number of hydrogen-bond acceptors (Lipinski definition) is 4. The second kappa shape index (κ2) is 8.82. The van der Waals surface area contributed by atoms with Crippen molar-refractivity contribution in [2.24, 2.45) is 0 Å². The molecule has 0 radical (unpaired) electrons. The number of benzene rings is 1. The second-order valence-electron chi connectivity index (χ2n) is 6.05. The number of aliphatic hydroxyl groups is 1. The molecule has 1 unspecified atom stereocenters. The van der Waals surface area contributed by atoms with Crippen LogP contribution in [0.3, 0.4) is 0 Å². The van der Waals surface area contributed by atoms with E-state index in [1.165, 1.54) is 0 Å². The molecule has 1 atom stereocenters. The Labute approximate surface area is 127 Å². The summed E-state index contributed by atoms with van der Waals surface area (Å²) in [6.07, 6.45) is 1.18. The molecule has 0 saturated carbocycles. The zero-order valence-electron chi connectivity index (χ0n) is 13.3. The molecule has 0 spiro atoms. The van der Waals surface area contributed by atoms with Crippen LogP contribution in [-0.4, -0.2) is 36.5 Å². The van der Waals surface area contributed by atoms with Gasteiger partial charge in [-0.3, -0.25) is 0 Å². The molecule has 0 aliphatic carbocycles. The van der Waals surface area contributed by atoms with Crippen molar-refractivity contribution < 1.29 is 14.6 Å². The highest BCUT2D eigenvalue weighted by Crippen LogP contribution is 2.14. The molecule has 1 aromatic rings. The van der Waals surface area contributed by atoms with Gasteiger partial charge in [-0.2, -0.15) is 0 Å². The Morgan fingerprint density at radius 2 is 2.14 bits per heavy atom. The molecular weight excluding hydrogens is 266 g/mol. The van der Waals surface area contributed by atoms with E-state index in [9.17, 15) is 5.11 Å². The first-order valence-electron chi connectivity index (χ1n) is 7.24. The fourth-order valence-electron chi connectivity index (χ4n) is 1.66. The topological polar surface area (TPSA) is 50.7 Å². The number of nitrogens with one attached hydrogen (secondary N) is 1. The van der Waals surface area contributed by atoms with Crippen LogP contribution in [0.4, 0.5) is 0 Å². The number of β-amino-alcohol motifs (C(OH)–C–C–N with tert-alkyl or cyclic N) is 1. The van der Waals surface area contributed by atoms with Gasteiger partial charge < -0.3 is 19.9 Å². The summed E-state index contributed by atoms with van der Waals surface area (Å²) < 4.78 is 11.0. The Morgan fingerprint density at radius 1 is 1.38 bits per heavy atom. The molecule has 2 N–H and O–H groups in total. The second-order valence-corrected chi connectivity index (χ2v) is 6.05. The molecule has 21 heavy (non-hydrogen) atoms. The average Bonchev–Trinajstić information content (AvgIpc) is 2.43. The van der Waals surface area contributed by atoms with E-state index >= 15 is 0 Å². The number of ether oxygens (including phenoxy) is 2. The zero-order valence-corrected chi connectivity index (χ0v) is 13.3. The lowest BCUT2D eigenvalue weighted by molar-refractivity contribution is 0.0997. The number of aliphatic hydroxyl groups excluding tert-OH is 1. The Hall–Kier alpha value is -1.36. The van der Waals surface area contributed by atoms with Crippen LogP contribution < -0.4 is 10.1 Å². The van der Waals surface area contributed by atoms with Gasteiger partial charge in [0.15, 0.2) is 0 Å². The third kappa shape index (κ3) is 8.50. The maximum atomic E-state index is 9.89. The van der Waals surface area contributed by atoms with Crippen molar-refractivity contribution in [2.75, 3.05) is 19.8 Å². The fourth-order valence-corrected chi connectivity index (χ4v) is 1.66. The monoisotopic (exact) mass is 293 g/mol. The van der Waals surface area contributed by atoms with Crippen LogP contribution in [0.25, 0.3) is 0 Å². The molecule has 118 valence electrons. The quantitative estimate of drug-likeness (QED) is 0.542. The molecule has 0 aliphatic rings. The molecule has 0 fully saturated rings. The van der Waals surface area contributed by atoms with Gasteiger partial charge in [0.05, 0.1) is 13.2 Å². The van der Waals surface area contributed by atoms with Crippen LogP contribution >= 0.6 is 0 Å². The van der Waals surface area contributed by atoms with Gasteiger partial charge >= 0.3 is 0 Å². The van der Waals surface area contributed by atoms with Gasteiger partial charge in [-0.15, -0.1) is 6.58 Å². The number of hydrogen-bond donors (Lipinski definition) is 2. The van der Waals surface area contributed by atoms with Crippen molar-refractivity contribution in [3.63, 3.8) is 0 Å². The van der Waals surface area contributed by atoms with E-state index in [4.69, 9.17) is 9.47 Å². The van der Waals surface area contributed by atoms with Crippen LogP contribution in [0, 0.1) is 0 Å². The first kappa shape index (κ1) is 17.7. The largest absolute Gasteiger partial charge is 0.491 e. The molecule has 1 aromatic carbocycles. The summed E-state index contributed by atoms with van der Waals surface area (Å²) in [6, 6.07) is 7.70. The summed E-state index contributed by atoms with van der Waals surface area (Å²) in [5.41, 5.74) is 1.03. The predicted molar refractivity (Wildman–Crippen MR) is 85.6 cm³/mol. The van der Waals surface area contributed by atoms with E-state index in [-0.39, 0.29) is 12.1 Å². The molecule has 1 rings (SSSR count). The van der Waals surface area contributed by atoms with Gasteiger partial charge in [0, 0.05) is 12.1 Å². The average molecular weight is 293 g/mol. The van der Waals surface area contributed by atoms with E-state index < -0.39 is 6.10 Å². The lowest BCUT2D eigenvalue weighted by Crippen LogP contribution is -2.42. The highest BCUT2D eigenvalue weighted by atomic mass is 16.5. The maximum absolute atomic E-state index is 9.89. The van der Waals surface area contributed by atoms with Crippen LogP contribution in [0.1, 0.15) is 26.3 Å². The van der Waals surface area contributed by atoms with Gasteiger partial charge in [0.25, 0.3) is 0 Å². The summed E-state index contributed by atoms with van der Waals surface area (Å²) in [7, 11) is 0. The van der Waals surface area contributed by atoms with Crippen molar-refractivity contribution in [3.05, 3.63) is 42.5 Å². The maximum Gasteiger partial charge on any atom is 0.119 e. The minimum atomic E-state index is -0.537. The summed E-state index contributed by atoms with van der Waals surface area (Å²) >= 11 is 0. The van der Waals surface area contributed by atoms with E-state index in [1.54, 1.807) is 6.08 Å². The molecule has 4 heteroatoms. The Bertz CT molecular complexity index is 426. The van der Waals surface area contributed by atoms with E-state index in [2.05, 4.69) is 32.7 Å². The molecule has 0 heterocycles. The van der Waals surface area contributed by atoms with E-state index in [0.29, 0.717) is 19.8 Å². The van der Waals surface area contributed by atoms with Crippen LogP contribution in [0.2, 0.25) is 0 Å². The van der Waals surface area contributed by atoms with Crippen molar-refractivity contribution in [1.29, 1.82) is 0 Å². The standard InChI is InChI=1S/C17H27NO3/c1-5-9-20-12-14-7-6-8-16(10-14)21-13-15(19)11-18-17(2,3)4/h5-8,10,15,18-19H,1,9,11-13H2,2-4H3.